The third kappa shape index (κ3) is 2.79. The SMILES string of the molecule is C[C@@H]1CC[C@H]2[C@H](C)[C@@H]3CC[C@@H]4[C@@H](C[C@@H]5[C@H]4C[C@@H](O)[C@H]4CC(=O)CC[C@]54C)[C@@H]3CN2C1. The normalized spacial score (nSPS) is 58.3. The number of nitrogens with zero attached hydrogens (tertiary/aromatic N) is 1. The second-order valence-corrected chi connectivity index (χ2v) is 13.0. The number of fused-ring (bicyclic) bond motifs is 8. The fourth-order valence-electron chi connectivity index (χ4n) is 10.4. The zero-order chi connectivity index (χ0) is 20.8. The largest absolute Gasteiger partial charge is 0.393 e. The first-order valence-corrected chi connectivity index (χ1v) is 13.3. The lowest BCUT2D eigenvalue weighted by molar-refractivity contribution is -0.142. The molecule has 6 rings (SSSR count). The lowest BCUT2D eigenvalue weighted by Crippen LogP contribution is -2.58. The molecule has 0 bridgehead atoms. The summed E-state index contributed by atoms with van der Waals surface area (Å²) in [4.78, 5) is 15.1. The van der Waals surface area contributed by atoms with E-state index < -0.39 is 0 Å². The molecule has 3 heteroatoms. The van der Waals surface area contributed by atoms with Crippen molar-refractivity contribution in [3.63, 3.8) is 0 Å². The number of aliphatic hydroxyl groups excluding tert-OH is 1. The minimum Gasteiger partial charge on any atom is -0.393 e. The highest BCUT2D eigenvalue weighted by Gasteiger charge is 2.62. The Morgan fingerprint density at radius 2 is 1.70 bits per heavy atom. The van der Waals surface area contributed by atoms with Crippen molar-refractivity contribution in [2.24, 2.45) is 58.7 Å². The van der Waals surface area contributed by atoms with Gasteiger partial charge in [0.25, 0.3) is 0 Å². The molecule has 168 valence electrons. The smallest absolute Gasteiger partial charge is 0.133 e. The van der Waals surface area contributed by atoms with Crippen molar-refractivity contribution >= 4 is 5.78 Å². The second kappa shape index (κ2) is 7.04. The van der Waals surface area contributed by atoms with E-state index in [0.29, 0.717) is 18.1 Å². The van der Waals surface area contributed by atoms with E-state index >= 15 is 0 Å². The topological polar surface area (TPSA) is 40.5 Å². The Kier molecular flexibility index (Phi) is 4.75. The quantitative estimate of drug-likeness (QED) is 0.622. The van der Waals surface area contributed by atoms with Crippen LogP contribution >= 0.6 is 0 Å². The van der Waals surface area contributed by atoms with Crippen LogP contribution in [0.2, 0.25) is 0 Å². The number of carbonyl (C=O) groups excluding carboxylic acids is 1. The third-order valence-electron chi connectivity index (χ3n) is 11.8. The van der Waals surface area contributed by atoms with Crippen LogP contribution in [0.5, 0.6) is 0 Å². The summed E-state index contributed by atoms with van der Waals surface area (Å²) in [5.74, 6) is 7.36. The van der Waals surface area contributed by atoms with Crippen molar-refractivity contribution in [3.05, 3.63) is 0 Å². The maximum Gasteiger partial charge on any atom is 0.133 e. The molecule has 6 aliphatic rings. The fourth-order valence-corrected chi connectivity index (χ4v) is 10.4. The number of Topliss-reactive ketones (excluding diaryl/α,β-unsaturated/α-hetero) is 1. The molecule has 0 aromatic carbocycles. The molecule has 6 fully saturated rings. The second-order valence-electron chi connectivity index (χ2n) is 13.0. The van der Waals surface area contributed by atoms with Crippen LogP contribution in [-0.4, -0.2) is 41.0 Å². The van der Waals surface area contributed by atoms with Gasteiger partial charge in [-0.2, -0.15) is 0 Å². The third-order valence-corrected chi connectivity index (χ3v) is 11.8. The molecule has 4 saturated carbocycles. The van der Waals surface area contributed by atoms with Gasteiger partial charge in [-0.1, -0.05) is 20.8 Å². The first-order chi connectivity index (χ1) is 14.4. The minimum atomic E-state index is -0.241. The van der Waals surface area contributed by atoms with Gasteiger partial charge in [-0.05, 0) is 104 Å². The summed E-state index contributed by atoms with van der Waals surface area (Å²) < 4.78 is 0. The van der Waals surface area contributed by atoms with E-state index in [0.717, 1.165) is 66.7 Å². The summed E-state index contributed by atoms with van der Waals surface area (Å²) >= 11 is 0. The molecule has 3 nitrogen and oxygen atoms in total. The highest BCUT2D eigenvalue weighted by molar-refractivity contribution is 5.79. The van der Waals surface area contributed by atoms with E-state index in [9.17, 15) is 9.90 Å². The number of hydrogen-bond acceptors (Lipinski definition) is 3. The molecule has 2 aliphatic heterocycles. The molecule has 2 heterocycles. The van der Waals surface area contributed by atoms with Crippen LogP contribution in [0.3, 0.4) is 0 Å². The van der Waals surface area contributed by atoms with Crippen LogP contribution in [0.15, 0.2) is 0 Å². The number of carbonyl (C=O) groups is 1. The Bertz CT molecular complexity index is 705. The highest BCUT2D eigenvalue weighted by atomic mass is 16.3. The molecule has 0 radical (unpaired) electrons. The molecule has 12 atom stereocenters. The maximum absolute atomic E-state index is 12.2. The van der Waals surface area contributed by atoms with Crippen molar-refractivity contribution in [2.45, 2.75) is 90.7 Å². The summed E-state index contributed by atoms with van der Waals surface area (Å²) in [5.41, 5.74) is 0.200. The van der Waals surface area contributed by atoms with Gasteiger partial charge in [-0.15, -0.1) is 0 Å². The molecule has 0 spiro atoms. The number of hydrogen-bond donors (Lipinski definition) is 1. The molecule has 30 heavy (non-hydrogen) atoms. The van der Waals surface area contributed by atoms with Gasteiger partial charge in [0.1, 0.15) is 5.78 Å². The predicted octanol–water partition coefficient (Wildman–Crippen LogP) is 4.77. The first kappa shape index (κ1) is 20.2. The number of aliphatic hydroxyl groups is 1. The van der Waals surface area contributed by atoms with Crippen molar-refractivity contribution in [1.82, 2.24) is 4.90 Å². The van der Waals surface area contributed by atoms with Gasteiger partial charge in [0, 0.05) is 32.0 Å². The van der Waals surface area contributed by atoms with Gasteiger partial charge in [0.2, 0.25) is 0 Å². The molecular weight excluding hydrogens is 370 g/mol. The standard InChI is InChI=1S/C27H43NO2/c1-15-4-7-25-16(2)18-5-6-19-20(22(18)14-28(25)13-15)11-23-21(19)12-26(30)24-10-17(29)8-9-27(23,24)3/h15-16,18-26,30H,4-14H2,1-3H3/t15-,16-,18+,19-,20-,21+,22-,23-,24-,25+,26-,27-/m1/s1. The lowest BCUT2D eigenvalue weighted by atomic mass is 9.51. The minimum absolute atomic E-state index is 0.200. The molecule has 0 unspecified atom stereocenters. The van der Waals surface area contributed by atoms with E-state index in [1.165, 1.54) is 45.2 Å². The zero-order valence-electron chi connectivity index (χ0n) is 19.4. The van der Waals surface area contributed by atoms with Gasteiger partial charge < -0.3 is 5.11 Å². The fraction of sp³-hybridized carbons (Fsp3) is 0.963. The molecular formula is C27H43NO2. The zero-order valence-corrected chi connectivity index (χ0v) is 19.4. The van der Waals surface area contributed by atoms with E-state index in [1.54, 1.807) is 0 Å². The first-order valence-electron chi connectivity index (χ1n) is 13.3. The average molecular weight is 414 g/mol. The van der Waals surface area contributed by atoms with E-state index in [1.807, 2.05) is 0 Å². The molecule has 0 aromatic heterocycles. The molecule has 4 aliphatic carbocycles. The Hall–Kier alpha value is -0.410. The summed E-state index contributed by atoms with van der Waals surface area (Å²) in [6.07, 6.45) is 10.3. The summed E-state index contributed by atoms with van der Waals surface area (Å²) in [5, 5.41) is 11.1. The van der Waals surface area contributed by atoms with Crippen molar-refractivity contribution in [3.8, 4) is 0 Å². The van der Waals surface area contributed by atoms with Gasteiger partial charge >= 0.3 is 0 Å². The summed E-state index contributed by atoms with van der Waals surface area (Å²) in [6, 6.07) is 0.843. The summed E-state index contributed by atoms with van der Waals surface area (Å²) in [7, 11) is 0. The van der Waals surface area contributed by atoms with Crippen molar-refractivity contribution in [1.29, 1.82) is 0 Å². The number of piperidine rings is 2. The average Bonchev–Trinajstić information content (AvgIpc) is 3.09. The van der Waals surface area contributed by atoms with Gasteiger partial charge in [-0.3, -0.25) is 9.69 Å². The van der Waals surface area contributed by atoms with Crippen LogP contribution in [0, 0.1) is 58.7 Å². The van der Waals surface area contributed by atoms with Crippen LogP contribution < -0.4 is 0 Å². The molecule has 2 saturated heterocycles. The number of ketones is 1. The van der Waals surface area contributed by atoms with E-state index in [4.69, 9.17) is 0 Å². The Morgan fingerprint density at radius 3 is 2.53 bits per heavy atom. The van der Waals surface area contributed by atoms with Crippen molar-refractivity contribution in [2.75, 3.05) is 13.1 Å². The molecule has 0 aromatic rings. The van der Waals surface area contributed by atoms with Crippen LogP contribution in [0.25, 0.3) is 0 Å². The van der Waals surface area contributed by atoms with Crippen LogP contribution in [0.4, 0.5) is 0 Å². The maximum atomic E-state index is 12.2. The molecule has 0 amide bonds. The van der Waals surface area contributed by atoms with Crippen LogP contribution in [-0.2, 0) is 4.79 Å². The lowest BCUT2D eigenvalue weighted by Gasteiger charge is -2.56. The van der Waals surface area contributed by atoms with Gasteiger partial charge in [0.15, 0.2) is 0 Å². The van der Waals surface area contributed by atoms with Crippen LogP contribution in [0.1, 0.15) is 78.6 Å². The monoisotopic (exact) mass is 413 g/mol. The summed E-state index contributed by atoms with van der Waals surface area (Å²) in [6.45, 7) is 10.2. The van der Waals surface area contributed by atoms with Gasteiger partial charge in [-0.25, -0.2) is 0 Å². The predicted molar refractivity (Wildman–Crippen MR) is 119 cm³/mol. The Balaban J connectivity index is 1.28. The van der Waals surface area contributed by atoms with Gasteiger partial charge in [0.05, 0.1) is 6.10 Å². The number of rotatable bonds is 0. The molecule has 1 N–H and O–H groups in total. The Morgan fingerprint density at radius 1 is 0.900 bits per heavy atom. The van der Waals surface area contributed by atoms with E-state index in [2.05, 4.69) is 25.7 Å². The van der Waals surface area contributed by atoms with Crippen molar-refractivity contribution < 1.29 is 9.90 Å². The Labute approximate surface area is 183 Å². The van der Waals surface area contributed by atoms with E-state index in [-0.39, 0.29) is 17.4 Å². The highest BCUT2D eigenvalue weighted by Crippen LogP contribution is 2.66.